The fraction of sp³-hybridized carbons (Fsp3) is 0.438. The van der Waals surface area contributed by atoms with Crippen LogP contribution in [0.25, 0.3) is 10.9 Å². The molecule has 0 fully saturated rings. The summed E-state index contributed by atoms with van der Waals surface area (Å²) in [6, 6.07) is 11.0. The highest BCUT2D eigenvalue weighted by Crippen LogP contribution is 2.18. The average molecular weight is 242 g/mol. The summed E-state index contributed by atoms with van der Waals surface area (Å²) in [4.78, 5) is 4.49. The van der Waals surface area contributed by atoms with Crippen molar-refractivity contribution >= 4 is 16.6 Å². The molecule has 0 aliphatic rings. The summed E-state index contributed by atoms with van der Waals surface area (Å²) < 4.78 is 0. The van der Waals surface area contributed by atoms with Crippen molar-refractivity contribution in [3.8, 4) is 0 Å². The molecule has 0 amide bonds. The molecule has 0 saturated carbocycles. The predicted octanol–water partition coefficient (Wildman–Crippen LogP) is 4.62. The van der Waals surface area contributed by atoms with Crippen LogP contribution in [0.3, 0.4) is 0 Å². The molecule has 0 spiro atoms. The lowest BCUT2D eigenvalue weighted by Crippen LogP contribution is -2.18. The summed E-state index contributed by atoms with van der Waals surface area (Å²) in [6.07, 6.45) is 6.83. The Morgan fingerprint density at radius 3 is 2.56 bits per heavy atom. The molecular formula is C16H22N2. The third-order valence-electron chi connectivity index (χ3n) is 3.24. The van der Waals surface area contributed by atoms with Crippen LogP contribution in [0.4, 0.5) is 5.69 Å². The second kappa shape index (κ2) is 6.39. The van der Waals surface area contributed by atoms with Gasteiger partial charge in [-0.1, -0.05) is 44.9 Å². The number of hydrogen-bond donors (Lipinski definition) is 1. The minimum atomic E-state index is 0.572. The number of fused-ring (bicyclic) bond motifs is 1. The fourth-order valence-corrected chi connectivity index (χ4v) is 2.37. The van der Waals surface area contributed by atoms with Gasteiger partial charge in [0.05, 0.1) is 17.4 Å². The summed E-state index contributed by atoms with van der Waals surface area (Å²) in [5.74, 6) is 0. The molecule has 0 radical (unpaired) electrons. The molecule has 1 N–H and O–H groups in total. The summed E-state index contributed by atoms with van der Waals surface area (Å²) in [5.41, 5.74) is 2.20. The average Bonchev–Trinajstić information content (AvgIpc) is 2.39. The maximum Gasteiger partial charge on any atom is 0.0703 e. The number of hydrogen-bond acceptors (Lipinski definition) is 2. The van der Waals surface area contributed by atoms with E-state index < -0.39 is 0 Å². The van der Waals surface area contributed by atoms with Crippen LogP contribution in [0.1, 0.15) is 39.5 Å². The maximum atomic E-state index is 4.49. The van der Waals surface area contributed by atoms with E-state index in [2.05, 4.69) is 48.4 Å². The second-order valence-electron chi connectivity index (χ2n) is 4.84. The lowest BCUT2D eigenvalue weighted by molar-refractivity contribution is 0.586. The summed E-state index contributed by atoms with van der Waals surface area (Å²) in [7, 11) is 0. The quantitative estimate of drug-likeness (QED) is 0.799. The fourth-order valence-electron chi connectivity index (χ4n) is 2.37. The van der Waals surface area contributed by atoms with Gasteiger partial charge in [0.2, 0.25) is 0 Å². The minimum Gasteiger partial charge on any atom is -0.381 e. The molecule has 0 atom stereocenters. The van der Waals surface area contributed by atoms with Crippen molar-refractivity contribution in [1.29, 1.82) is 0 Å². The molecule has 0 saturated heterocycles. The summed E-state index contributed by atoms with van der Waals surface area (Å²) in [5, 5.41) is 4.81. The highest BCUT2D eigenvalue weighted by molar-refractivity contribution is 5.81. The summed E-state index contributed by atoms with van der Waals surface area (Å²) >= 11 is 0. The number of rotatable bonds is 6. The Morgan fingerprint density at radius 2 is 1.83 bits per heavy atom. The number of anilines is 1. The van der Waals surface area contributed by atoms with Crippen molar-refractivity contribution in [2.75, 3.05) is 5.32 Å². The van der Waals surface area contributed by atoms with Gasteiger partial charge in [-0.2, -0.15) is 0 Å². The van der Waals surface area contributed by atoms with Crippen molar-refractivity contribution < 1.29 is 0 Å². The van der Waals surface area contributed by atoms with E-state index in [0.29, 0.717) is 6.04 Å². The van der Waals surface area contributed by atoms with Crippen molar-refractivity contribution in [3.63, 3.8) is 0 Å². The normalized spacial score (nSPS) is 11.1. The van der Waals surface area contributed by atoms with E-state index in [4.69, 9.17) is 0 Å². The summed E-state index contributed by atoms with van der Waals surface area (Å²) in [6.45, 7) is 4.48. The van der Waals surface area contributed by atoms with Crippen LogP contribution >= 0.6 is 0 Å². The molecule has 2 heteroatoms. The van der Waals surface area contributed by atoms with E-state index in [9.17, 15) is 0 Å². The molecule has 1 aromatic heterocycles. The number of nitrogens with one attached hydrogen (secondary N) is 1. The first-order valence-electron chi connectivity index (χ1n) is 6.94. The van der Waals surface area contributed by atoms with Gasteiger partial charge in [-0.05, 0) is 25.0 Å². The van der Waals surface area contributed by atoms with Gasteiger partial charge in [0.1, 0.15) is 0 Å². The first-order valence-corrected chi connectivity index (χ1v) is 6.94. The third-order valence-corrected chi connectivity index (χ3v) is 3.24. The number of pyridine rings is 1. The Bertz CT molecular complexity index is 487. The van der Waals surface area contributed by atoms with Crippen LogP contribution in [-0.4, -0.2) is 11.0 Å². The van der Waals surface area contributed by atoms with Gasteiger partial charge in [0.25, 0.3) is 0 Å². The van der Waals surface area contributed by atoms with Crippen LogP contribution in [0.2, 0.25) is 0 Å². The molecule has 0 aliphatic carbocycles. The number of aromatic nitrogens is 1. The molecule has 1 aromatic carbocycles. The second-order valence-corrected chi connectivity index (χ2v) is 4.84. The molecule has 1 heterocycles. The molecular weight excluding hydrogens is 220 g/mol. The van der Waals surface area contributed by atoms with E-state index in [0.717, 1.165) is 11.2 Å². The Labute approximate surface area is 109 Å². The Morgan fingerprint density at radius 1 is 1.11 bits per heavy atom. The van der Waals surface area contributed by atoms with Gasteiger partial charge >= 0.3 is 0 Å². The van der Waals surface area contributed by atoms with Gasteiger partial charge in [0, 0.05) is 11.4 Å². The molecule has 2 aromatic rings. The number of nitrogens with zero attached hydrogens (tertiary/aromatic N) is 1. The minimum absolute atomic E-state index is 0.572. The molecule has 96 valence electrons. The molecule has 0 unspecified atom stereocenters. The van der Waals surface area contributed by atoms with Crippen molar-refractivity contribution in [2.45, 2.75) is 45.6 Å². The Balaban J connectivity index is 2.14. The van der Waals surface area contributed by atoms with E-state index in [1.807, 2.05) is 12.3 Å². The molecule has 0 bridgehead atoms. The smallest absolute Gasteiger partial charge is 0.0703 e. The first kappa shape index (κ1) is 12.9. The molecule has 2 rings (SSSR count). The van der Waals surface area contributed by atoms with Gasteiger partial charge in [-0.3, -0.25) is 4.98 Å². The highest BCUT2D eigenvalue weighted by atomic mass is 14.9. The first-order chi connectivity index (χ1) is 8.83. The SMILES string of the molecule is CCCC(CCC)Nc1cnc2ccccc2c1. The van der Waals surface area contributed by atoms with Gasteiger partial charge < -0.3 is 5.32 Å². The van der Waals surface area contributed by atoms with Gasteiger partial charge in [-0.15, -0.1) is 0 Å². The Kier molecular flexibility index (Phi) is 4.57. The zero-order valence-electron chi connectivity index (χ0n) is 11.3. The molecule has 2 nitrogen and oxygen atoms in total. The monoisotopic (exact) mass is 242 g/mol. The van der Waals surface area contributed by atoms with E-state index >= 15 is 0 Å². The molecule has 0 aliphatic heterocycles. The number of para-hydroxylation sites is 1. The van der Waals surface area contributed by atoms with Crippen LogP contribution in [0.15, 0.2) is 36.5 Å². The topological polar surface area (TPSA) is 24.9 Å². The van der Waals surface area contributed by atoms with Crippen LogP contribution in [0, 0.1) is 0 Å². The van der Waals surface area contributed by atoms with Crippen LogP contribution in [0.5, 0.6) is 0 Å². The predicted molar refractivity (Wildman–Crippen MR) is 79.0 cm³/mol. The van der Waals surface area contributed by atoms with Gasteiger partial charge in [0.15, 0.2) is 0 Å². The maximum absolute atomic E-state index is 4.49. The van der Waals surface area contributed by atoms with Crippen LogP contribution < -0.4 is 5.32 Å². The van der Waals surface area contributed by atoms with Crippen LogP contribution in [-0.2, 0) is 0 Å². The third kappa shape index (κ3) is 3.22. The van der Waals surface area contributed by atoms with E-state index in [1.165, 1.54) is 31.1 Å². The highest BCUT2D eigenvalue weighted by Gasteiger charge is 2.06. The zero-order valence-corrected chi connectivity index (χ0v) is 11.3. The largest absolute Gasteiger partial charge is 0.381 e. The van der Waals surface area contributed by atoms with E-state index in [1.54, 1.807) is 0 Å². The van der Waals surface area contributed by atoms with Gasteiger partial charge in [-0.25, -0.2) is 0 Å². The lowest BCUT2D eigenvalue weighted by atomic mass is 10.1. The van der Waals surface area contributed by atoms with Crippen molar-refractivity contribution in [2.24, 2.45) is 0 Å². The van der Waals surface area contributed by atoms with Crippen molar-refractivity contribution in [3.05, 3.63) is 36.5 Å². The molecule has 18 heavy (non-hydrogen) atoms. The number of benzene rings is 1. The zero-order chi connectivity index (χ0) is 12.8. The lowest BCUT2D eigenvalue weighted by Gasteiger charge is -2.18. The van der Waals surface area contributed by atoms with E-state index in [-0.39, 0.29) is 0 Å². The Hall–Kier alpha value is -1.57. The standard InChI is InChI=1S/C16H22N2/c1-3-7-14(8-4-2)18-15-11-13-9-5-6-10-16(13)17-12-15/h5-6,9-12,14,18H,3-4,7-8H2,1-2H3. The van der Waals surface area contributed by atoms with Crippen molar-refractivity contribution in [1.82, 2.24) is 4.98 Å².